The number of hydrogen-bond donors (Lipinski definition) is 2. The Balaban J connectivity index is 2.42. The van der Waals surface area contributed by atoms with Crippen molar-refractivity contribution in [1.29, 1.82) is 0 Å². The highest BCUT2D eigenvalue weighted by Gasteiger charge is 2.25. The Kier molecular flexibility index (Phi) is 6.20. The second-order valence-electron chi connectivity index (χ2n) is 4.97. The SMILES string of the molecule is C#CCC(NC(=O)N1CCC(CCC)CC1)C(=O)O. The van der Waals surface area contributed by atoms with Gasteiger partial charge < -0.3 is 15.3 Å². The van der Waals surface area contributed by atoms with Gasteiger partial charge in [0, 0.05) is 19.5 Å². The van der Waals surface area contributed by atoms with Crippen molar-refractivity contribution in [2.24, 2.45) is 5.92 Å². The summed E-state index contributed by atoms with van der Waals surface area (Å²) in [4.78, 5) is 24.5. The maximum atomic E-state index is 11.9. The molecule has 2 amide bonds. The highest BCUT2D eigenvalue weighted by Crippen LogP contribution is 2.21. The van der Waals surface area contributed by atoms with Gasteiger partial charge in [0.25, 0.3) is 0 Å². The first kappa shape index (κ1) is 15.4. The molecule has 1 aliphatic heterocycles. The van der Waals surface area contributed by atoms with E-state index in [0.717, 1.165) is 12.8 Å². The average molecular weight is 266 g/mol. The summed E-state index contributed by atoms with van der Waals surface area (Å²) in [6, 6.07) is -1.32. The number of carbonyl (C=O) groups is 2. The Labute approximate surface area is 114 Å². The molecule has 1 fully saturated rings. The van der Waals surface area contributed by atoms with E-state index >= 15 is 0 Å². The fraction of sp³-hybridized carbons (Fsp3) is 0.714. The van der Waals surface area contributed by atoms with E-state index in [1.807, 2.05) is 0 Å². The smallest absolute Gasteiger partial charge is 0.327 e. The van der Waals surface area contributed by atoms with Crippen LogP contribution in [0.15, 0.2) is 0 Å². The molecule has 1 saturated heterocycles. The van der Waals surface area contributed by atoms with Gasteiger partial charge in [-0.1, -0.05) is 19.8 Å². The summed E-state index contributed by atoms with van der Waals surface area (Å²) in [5, 5.41) is 11.4. The summed E-state index contributed by atoms with van der Waals surface area (Å²) in [6.45, 7) is 3.55. The van der Waals surface area contributed by atoms with Gasteiger partial charge in [-0.15, -0.1) is 12.3 Å². The van der Waals surface area contributed by atoms with Crippen LogP contribution < -0.4 is 5.32 Å². The Morgan fingerprint density at radius 1 is 1.47 bits per heavy atom. The molecule has 0 radical (unpaired) electrons. The highest BCUT2D eigenvalue weighted by molar-refractivity contribution is 5.82. The number of aliphatic carboxylic acids is 1. The second-order valence-corrected chi connectivity index (χ2v) is 4.97. The fourth-order valence-corrected chi connectivity index (χ4v) is 2.39. The van der Waals surface area contributed by atoms with E-state index in [4.69, 9.17) is 11.5 Å². The van der Waals surface area contributed by atoms with Crippen LogP contribution in [0.4, 0.5) is 4.79 Å². The molecular weight excluding hydrogens is 244 g/mol. The van der Waals surface area contributed by atoms with Crippen LogP contribution in [-0.4, -0.2) is 41.1 Å². The van der Waals surface area contributed by atoms with E-state index in [1.54, 1.807) is 4.90 Å². The average Bonchev–Trinajstić information content (AvgIpc) is 2.39. The first-order valence-corrected chi connectivity index (χ1v) is 6.80. The van der Waals surface area contributed by atoms with Crippen molar-refractivity contribution in [1.82, 2.24) is 10.2 Å². The Hall–Kier alpha value is -1.70. The van der Waals surface area contributed by atoms with Crippen LogP contribution in [0.1, 0.15) is 39.0 Å². The number of likely N-dealkylation sites (tertiary alicyclic amines) is 1. The first-order chi connectivity index (χ1) is 9.08. The molecule has 0 spiro atoms. The van der Waals surface area contributed by atoms with E-state index in [-0.39, 0.29) is 12.5 Å². The second kappa shape index (κ2) is 7.67. The number of amides is 2. The maximum absolute atomic E-state index is 11.9. The highest BCUT2D eigenvalue weighted by atomic mass is 16.4. The third-order valence-corrected chi connectivity index (χ3v) is 3.52. The molecule has 5 heteroatoms. The van der Waals surface area contributed by atoms with E-state index < -0.39 is 12.0 Å². The standard InChI is InChI=1S/C14H22N2O3/c1-3-5-11-7-9-16(10-8-11)14(19)15-12(6-4-2)13(17)18/h2,11-12H,3,5-10H2,1H3,(H,15,19)(H,17,18). The fourth-order valence-electron chi connectivity index (χ4n) is 2.39. The Bertz CT molecular complexity index is 354. The van der Waals surface area contributed by atoms with Gasteiger partial charge in [0.2, 0.25) is 0 Å². The molecule has 1 aliphatic rings. The monoisotopic (exact) mass is 266 g/mol. The first-order valence-electron chi connectivity index (χ1n) is 6.80. The number of hydrogen-bond acceptors (Lipinski definition) is 2. The van der Waals surface area contributed by atoms with E-state index in [9.17, 15) is 9.59 Å². The number of terminal acetylenes is 1. The van der Waals surface area contributed by atoms with Crippen LogP contribution >= 0.6 is 0 Å². The van der Waals surface area contributed by atoms with Crippen molar-refractivity contribution in [3.63, 3.8) is 0 Å². The minimum Gasteiger partial charge on any atom is -0.480 e. The van der Waals surface area contributed by atoms with Gasteiger partial charge in [-0.3, -0.25) is 0 Å². The van der Waals surface area contributed by atoms with Gasteiger partial charge in [-0.25, -0.2) is 9.59 Å². The topological polar surface area (TPSA) is 69.6 Å². The lowest BCUT2D eigenvalue weighted by Crippen LogP contribution is -2.50. The van der Waals surface area contributed by atoms with Crippen LogP contribution in [0.25, 0.3) is 0 Å². The molecule has 2 N–H and O–H groups in total. The van der Waals surface area contributed by atoms with Gasteiger partial charge in [-0.05, 0) is 18.8 Å². The van der Waals surface area contributed by atoms with Gasteiger partial charge in [0.05, 0.1) is 0 Å². The summed E-state index contributed by atoms with van der Waals surface area (Å²) < 4.78 is 0. The van der Waals surface area contributed by atoms with Crippen molar-refractivity contribution in [2.45, 2.75) is 45.1 Å². The van der Waals surface area contributed by atoms with Gasteiger partial charge in [-0.2, -0.15) is 0 Å². The largest absolute Gasteiger partial charge is 0.480 e. The zero-order valence-electron chi connectivity index (χ0n) is 11.4. The molecule has 1 atom stereocenters. The Morgan fingerprint density at radius 3 is 2.58 bits per heavy atom. The van der Waals surface area contributed by atoms with Crippen molar-refractivity contribution in [2.75, 3.05) is 13.1 Å². The predicted molar refractivity (Wildman–Crippen MR) is 72.6 cm³/mol. The molecular formula is C14H22N2O3. The summed E-state index contributed by atoms with van der Waals surface area (Å²) in [5.74, 6) is 1.87. The summed E-state index contributed by atoms with van der Waals surface area (Å²) >= 11 is 0. The van der Waals surface area contributed by atoms with Crippen LogP contribution in [0.5, 0.6) is 0 Å². The molecule has 0 aliphatic carbocycles. The molecule has 19 heavy (non-hydrogen) atoms. The molecule has 0 bridgehead atoms. The minimum atomic E-state index is -1.09. The molecule has 5 nitrogen and oxygen atoms in total. The number of carboxylic acids is 1. The van der Waals surface area contributed by atoms with Crippen molar-refractivity contribution >= 4 is 12.0 Å². The number of nitrogens with one attached hydrogen (secondary N) is 1. The van der Waals surface area contributed by atoms with Crippen LogP contribution in [-0.2, 0) is 4.79 Å². The summed E-state index contributed by atoms with van der Waals surface area (Å²) in [7, 11) is 0. The normalized spacial score (nSPS) is 17.6. The van der Waals surface area contributed by atoms with Crippen LogP contribution in [0.3, 0.4) is 0 Å². The number of piperidine rings is 1. The summed E-state index contributed by atoms with van der Waals surface area (Å²) in [6.07, 6.45) is 9.46. The molecule has 0 aromatic rings. The van der Waals surface area contributed by atoms with E-state index in [2.05, 4.69) is 18.2 Å². The van der Waals surface area contributed by atoms with Gasteiger partial charge in [0.1, 0.15) is 6.04 Å². The maximum Gasteiger partial charge on any atom is 0.327 e. The molecule has 0 aromatic heterocycles. The van der Waals surface area contributed by atoms with Crippen molar-refractivity contribution < 1.29 is 14.7 Å². The van der Waals surface area contributed by atoms with Gasteiger partial charge >= 0.3 is 12.0 Å². The van der Waals surface area contributed by atoms with E-state index in [1.165, 1.54) is 12.8 Å². The van der Waals surface area contributed by atoms with Crippen molar-refractivity contribution in [3.8, 4) is 12.3 Å². The Morgan fingerprint density at radius 2 is 2.11 bits per heavy atom. The van der Waals surface area contributed by atoms with Crippen LogP contribution in [0, 0.1) is 18.3 Å². The number of carboxylic acid groups (broad SMARTS) is 1. The molecule has 0 saturated carbocycles. The molecule has 1 rings (SSSR count). The number of rotatable bonds is 5. The molecule has 1 unspecified atom stereocenters. The number of nitrogens with zero attached hydrogens (tertiary/aromatic N) is 1. The third-order valence-electron chi connectivity index (χ3n) is 3.52. The van der Waals surface area contributed by atoms with Crippen molar-refractivity contribution in [3.05, 3.63) is 0 Å². The molecule has 1 heterocycles. The lowest BCUT2D eigenvalue weighted by atomic mass is 9.93. The van der Waals surface area contributed by atoms with Crippen LogP contribution in [0.2, 0.25) is 0 Å². The predicted octanol–water partition coefficient (Wildman–Crippen LogP) is 1.68. The molecule has 106 valence electrons. The third kappa shape index (κ3) is 4.82. The number of carbonyl (C=O) groups excluding carboxylic acids is 1. The lowest BCUT2D eigenvalue weighted by Gasteiger charge is -2.32. The van der Waals surface area contributed by atoms with Gasteiger partial charge in [0.15, 0.2) is 0 Å². The van der Waals surface area contributed by atoms with E-state index in [0.29, 0.717) is 19.0 Å². The summed E-state index contributed by atoms with van der Waals surface area (Å²) in [5.41, 5.74) is 0. The lowest BCUT2D eigenvalue weighted by molar-refractivity contribution is -0.139. The molecule has 0 aromatic carbocycles. The zero-order chi connectivity index (χ0) is 14.3. The minimum absolute atomic E-state index is 0.00731. The number of urea groups is 1. The quantitative estimate of drug-likeness (QED) is 0.744. The zero-order valence-corrected chi connectivity index (χ0v) is 11.4.